The maximum Gasteiger partial charge on any atom is 0.216 e. The van der Waals surface area contributed by atoms with Crippen LogP contribution in [0.5, 0.6) is 0 Å². The van der Waals surface area contributed by atoms with Crippen LogP contribution in [0.25, 0.3) is 0 Å². The van der Waals surface area contributed by atoms with Gasteiger partial charge in [0.25, 0.3) is 0 Å². The SMILES string of the molecule is Cc1nc(Cl)c(Br)c(C=S(=O)=O)n1. The third-order valence-corrected chi connectivity index (χ3v) is 2.86. The second-order valence-corrected chi connectivity index (χ2v) is 4.05. The molecule has 0 spiro atoms. The van der Waals surface area contributed by atoms with E-state index in [1.165, 1.54) is 0 Å². The van der Waals surface area contributed by atoms with Crippen LogP contribution in [0.15, 0.2) is 4.47 Å². The monoisotopic (exact) mass is 282 g/mol. The Morgan fingerprint density at radius 3 is 2.62 bits per heavy atom. The van der Waals surface area contributed by atoms with Crippen LogP contribution in [0, 0.1) is 6.92 Å². The predicted molar refractivity (Wildman–Crippen MR) is 53.6 cm³/mol. The maximum absolute atomic E-state index is 10.4. The van der Waals surface area contributed by atoms with Crippen molar-refractivity contribution in [1.82, 2.24) is 9.97 Å². The van der Waals surface area contributed by atoms with Crippen molar-refractivity contribution in [3.63, 3.8) is 0 Å². The fourth-order valence-corrected chi connectivity index (χ4v) is 1.73. The van der Waals surface area contributed by atoms with Crippen molar-refractivity contribution in [2.45, 2.75) is 6.92 Å². The largest absolute Gasteiger partial charge is 0.231 e. The number of aryl methyl sites for hydroxylation is 1. The molecule has 0 radical (unpaired) electrons. The topological polar surface area (TPSA) is 59.9 Å². The fourth-order valence-electron chi connectivity index (χ4n) is 0.714. The van der Waals surface area contributed by atoms with Crippen LogP contribution in [-0.2, 0) is 10.3 Å². The molecule has 7 heteroatoms. The van der Waals surface area contributed by atoms with E-state index in [-0.39, 0.29) is 10.8 Å². The first-order valence-corrected chi connectivity index (χ1v) is 5.44. The molecule has 0 atom stereocenters. The van der Waals surface area contributed by atoms with Crippen molar-refractivity contribution in [2.24, 2.45) is 0 Å². The highest BCUT2D eigenvalue weighted by Crippen LogP contribution is 2.21. The molecule has 0 amide bonds. The number of hydrogen-bond donors (Lipinski definition) is 0. The minimum Gasteiger partial charge on any atom is -0.231 e. The Kier molecular flexibility index (Phi) is 3.40. The quantitative estimate of drug-likeness (QED) is 0.574. The Balaban J connectivity index is 3.45. The number of nitrogens with zero attached hydrogens (tertiary/aromatic N) is 2. The third-order valence-electron chi connectivity index (χ3n) is 1.16. The Morgan fingerprint density at radius 1 is 1.46 bits per heavy atom. The van der Waals surface area contributed by atoms with E-state index in [1.54, 1.807) is 6.92 Å². The molecule has 13 heavy (non-hydrogen) atoms. The summed E-state index contributed by atoms with van der Waals surface area (Å²) in [6, 6.07) is 0. The minimum atomic E-state index is -2.30. The molecule has 0 saturated heterocycles. The summed E-state index contributed by atoms with van der Waals surface area (Å²) in [5.41, 5.74) is 0.255. The van der Waals surface area contributed by atoms with Crippen molar-refractivity contribution < 1.29 is 8.42 Å². The molecule has 1 heterocycles. The average Bonchev–Trinajstić information content (AvgIpc) is 1.98. The van der Waals surface area contributed by atoms with Gasteiger partial charge in [0.15, 0.2) is 0 Å². The molecule has 0 aliphatic carbocycles. The lowest BCUT2D eigenvalue weighted by Gasteiger charge is -1.99. The fraction of sp³-hybridized carbons (Fsp3) is 0.167. The number of rotatable bonds is 1. The average molecular weight is 284 g/mol. The van der Waals surface area contributed by atoms with Gasteiger partial charge in [-0.3, -0.25) is 0 Å². The molecular formula is C6H4BrClN2O2S. The lowest BCUT2D eigenvalue weighted by atomic mass is 10.4. The van der Waals surface area contributed by atoms with Gasteiger partial charge in [0.05, 0.1) is 15.5 Å². The van der Waals surface area contributed by atoms with Crippen LogP contribution in [-0.4, -0.2) is 23.8 Å². The van der Waals surface area contributed by atoms with Crippen molar-refractivity contribution in [3.05, 3.63) is 21.1 Å². The first-order valence-electron chi connectivity index (χ1n) is 3.13. The van der Waals surface area contributed by atoms with E-state index in [0.29, 0.717) is 10.3 Å². The van der Waals surface area contributed by atoms with Gasteiger partial charge in [-0.2, -0.15) is 8.42 Å². The molecule has 1 aromatic rings. The van der Waals surface area contributed by atoms with Crippen molar-refractivity contribution in [1.29, 1.82) is 0 Å². The molecular weight excluding hydrogens is 280 g/mol. The Bertz CT molecular complexity index is 464. The molecule has 0 aromatic carbocycles. The smallest absolute Gasteiger partial charge is 0.216 e. The molecule has 0 aliphatic heterocycles. The summed E-state index contributed by atoms with van der Waals surface area (Å²) < 4.78 is 21.1. The molecule has 0 bridgehead atoms. The molecule has 0 N–H and O–H groups in total. The van der Waals surface area contributed by atoms with Crippen LogP contribution in [0.3, 0.4) is 0 Å². The molecule has 0 saturated carbocycles. The standard InChI is InChI=1S/C6H4BrClN2O2S/c1-3-9-4(2-13(11)12)5(7)6(8)10-3/h2H,1H3. The summed E-state index contributed by atoms with van der Waals surface area (Å²) in [6.07, 6.45) is 0. The summed E-state index contributed by atoms with van der Waals surface area (Å²) in [5.74, 6) is 0.421. The van der Waals surface area contributed by atoms with Crippen LogP contribution in [0.4, 0.5) is 0 Å². The molecule has 1 rings (SSSR count). The first-order chi connectivity index (χ1) is 6.00. The van der Waals surface area contributed by atoms with Crippen molar-refractivity contribution in [2.75, 3.05) is 0 Å². The van der Waals surface area contributed by atoms with E-state index >= 15 is 0 Å². The summed E-state index contributed by atoms with van der Waals surface area (Å²) in [6.45, 7) is 1.63. The first kappa shape index (κ1) is 10.6. The highest BCUT2D eigenvalue weighted by Gasteiger charge is 2.06. The van der Waals surface area contributed by atoms with E-state index < -0.39 is 10.3 Å². The summed E-state index contributed by atoms with van der Waals surface area (Å²) in [7, 11) is -2.30. The van der Waals surface area contributed by atoms with Gasteiger partial charge < -0.3 is 0 Å². The summed E-state index contributed by atoms with van der Waals surface area (Å²) in [4.78, 5) is 7.71. The molecule has 0 unspecified atom stereocenters. The molecule has 4 nitrogen and oxygen atoms in total. The van der Waals surface area contributed by atoms with Gasteiger partial charge in [-0.1, -0.05) is 11.6 Å². The Hall–Kier alpha value is -0.460. The minimum absolute atomic E-state index is 0.198. The van der Waals surface area contributed by atoms with E-state index in [9.17, 15) is 8.42 Å². The summed E-state index contributed by atoms with van der Waals surface area (Å²) >= 11 is 8.76. The van der Waals surface area contributed by atoms with Crippen LogP contribution >= 0.6 is 27.5 Å². The van der Waals surface area contributed by atoms with Gasteiger partial charge in [0, 0.05) is 0 Å². The highest BCUT2D eigenvalue weighted by atomic mass is 79.9. The summed E-state index contributed by atoms with van der Waals surface area (Å²) in [5, 5.41) is 1.16. The van der Waals surface area contributed by atoms with Crippen LogP contribution < -0.4 is 0 Å². The third kappa shape index (κ3) is 2.75. The van der Waals surface area contributed by atoms with Crippen LogP contribution in [0.2, 0.25) is 5.15 Å². The number of halogens is 2. The van der Waals surface area contributed by atoms with E-state index in [0.717, 1.165) is 5.37 Å². The van der Waals surface area contributed by atoms with Crippen molar-refractivity contribution in [3.8, 4) is 0 Å². The van der Waals surface area contributed by atoms with Gasteiger partial charge >= 0.3 is 0 Å². The Morgan fingerprint density at radius 2 is 2.08 bits per heavy atom. The van der Waals surface area contributed by atoms with Gasteiger partial charge in [-0.05, 0) is 22.9 Å². The second-order valence-electron chi connectivity index (χ2n) is 2.14. The zero-order valence-electron chi connectivity index (χ0n) is 6.45. The maximum atomic E-state index is 10.4. The van der Waals surface area contributed by atoms with Gasteiger partial charge in [0.1, 0.15) is 11.0 Å². The van der Waals surface area contributed by atoms with Crippen LogP contribution in [0.1, 0.15) is 11.5 Å². The van der Waals surface area contributed by atoms with Crippen molar-refractivity contribution >= 4 is 43.2 Å². The lowest BCUT2D eigenvalue weighted by molar-refractivity contribution is 0.627. The van der Waals surface area contributed by atoms with E-state index in [1.807, 2.05) is 0 Å². The molecule has 0 aliphatic rings. The zero-order chi connectivity index (χ0) is 10.0. The normalized spacial score (nSPS) is 9.77. The number of aromatic nitrogens is 2. The van der Waals surface area contributed by atoms with Gasteiger partial charge in [-0.15, -0.1) is 0 Å². The molecule has 70 valence electrons. The second kappa shape index (κ2) is 4.17. The lowest BCUT2D eigenvalue weighted by Crippen LogP contribution is -1.97. The molecule has 0 fully saturated rings. The molecule has 1 aromatic heterocycles. The Labute approximate surface area is 89.6 Å². The van der Waals surface area contributed by atoms with E-state index in [4.69, 9.17) is 11.6 Å². The zero-order valence-corrected chi connectivity index (χ0v) is 9.61. The van der Waals surface area contributed by atoms with E-state index in [2.05, 4.69) is 25.9 Å². The predicted octanol–water partition coefficient (Wildman–Crippen LogP) is 1.23. The number of hydrogen-bond acceptors (Lipinski definition) is 4. The van der Waals surface area contributed by atoms with Gasteiger partial charge in [0.2, 0.25) is 10.3 Å². The van der Waals surface area contributed by atoms with Gasteiger partial charge in [-0.25, -0.2) is 9.97 Å². The highest BCUT2D eigenvalue weighted by molar-refractivity contribution is 9.10.